The molecule has 0 radical (unpaired) electrons. The van der Waals surface area contributed by atoms with Crippen LogP contribution in [0.5, 0.6) is 0 Å². The molecular weight excluding hydrogens is 232 g/mol. The molecule has 0 saturated carbocycles. The van der Waals surface area contributed by atoms with Gasteiger partial charge in [0.2, 0.25) is 0 Å². The van der Waals surface area contributed by atoms with E-state index in [2.05, 4.69) is 46.4 Å². The Balaban J connectivity index is 4.54. The summed E-state index contributed by atoms with van der Waals surface area (Å²) >= 11 is 0. The van der Waals surface area contributed by atoms with Crippen molar-refractivity contribution in [1.29, 1.82) is 0 Å². The Kier molecular flexibility index (Phi) is 10.6. The number of nitrogens with zero attached hydrogens (tertiary/aromatic N) is 1. The van der Waals surface area contributed by atoms with Crippen molar-refractivity contribution in [1.82, 2.24) is 4.90 Å². The molecule has 0 aliphatic heterocycles. The number of nitrogens with two attached hydrogens (primary N) is 1. The van der Waals surface area contributed by atoms with Crippen molar-refractivity contribution in [3.63, 3.8) is 0 Å². The molecule has 0 aliphatic carbocycles. The summed E-state index contributed by atoms with van der Waals surface area (Å²) < 4.78 is 0. The number of hydrogen-bond donors (Lipinski definition) is 1. The van der Waals surface area contributed by atoms with E-state index in [9.17, 15) is 0 Å². The summed E-state index contributed by atoms with van der Waals surface area (Å²) in [5.41, 5.74) is 6.08. The second kappa shape index (κ2) is 10.7. The Hall–Kier alpha value is -0.0800. The Morgan fingerprint density at radius 2 is 1.32 bits per heavy atom. The summed E-state index contributed by atoms with van der Waals surface area (Å²) in [6, 6.07) is 0.567. The third-order valence-corrected chi connectivity index (χ3v) is 4.10. The van der Waals surface area contributed by atoms with Gasteiger partial charge in [0.15, 0.2) is 0 Å². The highest BCUT2D eigenvalue weighted by atomic mass is 15.2. The van der Waals surface area contributed by atoms with E-state index < -0.39 is 0 Å². The van der Waals surface area contributed by atoms with Gasteiger partial charge in [-0.2, -0.15) is 0 Å². The molecule has 0 spiro atoms. The van der Waals surface area contributed by atoms with Gasteiger partial charge >= 0.3 is 0 Å². The molecule has 2 heteroatoms. The highest BCUT2D eigenvalue weighted by Crippen LogP contribution is 2.18. The molecule has 19 heavy (non-hydrogen) atoms. The molecule has 0 fully saturated rings. The molecule has 0 heterocycles. The second-order valence-corrected chi connectivity index (χ2v) is 6.97. The fraction of sp³-hybridized carbons (Fsp3) is 1.00. The fourth-order valence-corrected chi connectivity index (χ4v) is 2.68. The normalized spacial score (nSPS) is 15.5. The molecule has 0 bridgehead atoms. The Morgan fingerprint density at radius 3 is 1.63 bits per heavy atom. The van der Waals surface area contributed by atoms with Crippen LogP contribution in [0.4, 0.5) is 0 Å². The largest absolute Gasteiger partial charge is 0.329 e. The van der Waals surface area contributed by atoms with Gasteiger partial charge in [-0.05, 0) is 50.1 Å². The van der Waals surface area contributed by atoms with Gasteiger partial charge < -0.3 is 5.73 Å². The molecule has 2 N–H and O–H groups in total. The SMILES string of the molecule is CCCC(C)C(CN)N(CCC(C)C)CCC(C)C. The summed E-state index contributed by atoms with van der Waals surface area (Å²) in [4.78, 5) is 2.67. The van der Waals surface area contributed by atoms with Gasteiger partial charge in [-0.1, -0.05) is 48.0 Å². The minimum atomic E-state index is 0.567. The first-order valence-corrected chi connectivity index (χ1v) is 8.36. The maximum Gasteiger partial charge on any atom is 0.0243 e. The number of rotatable bonds is 11. The van der Waals surface area contributed by atoms with Crippen molar-refractivity contribution in [3.8, 4) is 0 Å². The zero-order valence-electron chi connectivity index (χ0n) is 14.3. The molecule has 0 saturated heterocycles. The van der Waals surface area contributed by atoms with E-state index >= 15 is 0 Å². The van der Waals surface area contributed by atoms with Crippen LogP contribution in [0.1, 0.15) is 67.2 Å². The van der Waals surface area contributed by atoms with Crippen LogP contribution in [0.2, 0.25) is 0 Å². The summed E-state index contributed by atoms with van der Waals surface area (Å²) in [7, 11) is 0. The van der Waals surface area contributed by atoms with E-state index in [-0.39, 0.29) is 0 Å². The third kappa shape index (κ3) is 8.65. The Labute approximate surface area is 122 Å². The molecule has 2 atom stereocenters. The summed E-state index contributed by atoms with van der Waals surface area (Å²) in [5.74, 6) is 2.28. The van der Waals surface area contributed by atoms with Crippen LogP contribution in [0.15, 0.2) is 0 Å². The predicted octanol–water partition coefficient (Wildman–Crippen LogP) is 4.14. The molecule has 0 amide bonds. The van der Waals surface area contributed by atoms with Crippen LogP contribution < -0.4 is 5.73 Å². The van der Waals surface area contributed by atoms with Crippen LogP contribution in [-0.2, 0) is 0 Å². The molecule has 0 aromatic carbocycles. The molecule has 0 rings (SSSR count). The zero-order chi connectivity index (χ0) is 14.8. The highest BCUT2D eigenvalue weighted by molar-refractivity contribution is 4.78. The zero-order valence-corrected chi connectivity index (χ0v) is 14.3. The average molecular weight is 271 g/mol. The van der Waals surface area contributed by atoms with E-state index in [4.69, 9.17) is 5.73 Å². The fourth-order valence-electron chi connectivity index (χ4n) is 2.68. The molecule has 0 aliphatic rings. The van der Waals surface area contributed by atoms with Gasteiger partial charge in [0.1, 0.15) is 0 Å². The van der Waals surface area contributed by atoms with Crippen molar-refractivity contribution in [3.05, 3.63) is 0 Å². The van der Waals surface area contributed by atoms with Crippen molar-refractivity contribution in [2.75, 3.05) is 19.6 Å². The van der Waals surface area contributed by atoms with Crippen molar-refractivity contribution in [2.24, 2.45) is 23.5 Å². The van der Waals surface area contributed by atoms with E-state index in [0.717, 1.165) is 18.4 Å². The Morgan fingerprint density at radius 1 is 0.842 bits per heavy atom. The lowest BCUT2D eigenvalue weighted by atomic mass is 9.94. The Bertz CT molecular complexity index is 189. The molecular formula is C17H38N2. The monoisotopic (exact) mass is 270 g/mol. The lowest BCUT2D eigenvalue weighted by Crippen LogP contribution is -2.46. The van der Waals surface area contributed by atoms with Gasteiger partial charge in [0, 0.05) is 12.6 Å². The quantitative estimate of drug-likeness (QED) is 0.611. The van der Waals surface area contributed by atoms with Crippen molar-refractivity contribution >= 4 is 0 Å². The van der Waals surface area contributed by atoms with Gasteiger partial charge in [-0.25, -0.2) is 0 Å². The summed E-state index contributed by atoms with van der Waals surface area (Å²) in [5, 5.41) is 0. The van der Waals surface area contributed by atoms with Gasteiger partial charge in [-0.3, -0.25) is 4.90 Å². The topological polar surface area (TPSA) is 29.3 Å². The first kappa shape index (κ1) is 18.9. The second-order valence-electron chi connectivity index (χ2n) is 6.97. The maximum atomic E-state index is 6.08. The first-order chi connectivity index (χ1) is 8.92. The highest BCUT2D eigenvalue weighted by Gasteiger charge is 2.22. The van der Waals surface area contributed by atoms with Gasteiger partial charge in [0.25, 0.3) is 0 Å². The van der Waals surface area contributed by atoms with Crippen LogP contribution in [0, 0.1) is 17.8 Å². The van der Waals surface area contributed by atoms with Crippen molar-refractivity contribution in [2.45, 2.75) is 73.3 Å². The van der Waals surface area contributed by atoms with E-state index in [1.165, 1.54) is 38.8 Å². The molecule has 2 nitrogen and oxygen atoms in total. The smallest absolute Gasteiger partial charge is 0.0243 e. The maximum absolute atomic E-state index is 6.08. The van der Waals surface area contributed by atoms with E-state index in [0.29, 0.717) is 12.0 Å². The average Bonchev–Trinajstić information content (AvgIpc) is 2.32. The minimum Gasteiger partial charge on any atom is -0.329 e. The minimum absolute atomic E-state index is 0.567. The van der Waals surface area contributed by atoms with E-state index in [1.807, 2.05) is 0 Å². The molecule has 116 valence electrons. The summed E-state index contributed by atoms with van der Waals surface area (Å²) in [6.45, 7) is 17.1. The molecule has 0 aromatic heterocycles. The predicted molar refractivity (Wildman–Crippen MR) is 87.4 cm³/mol. The van der Waals surface area contributed by atoms with Gasteiger partial charge in [0.05, 0.1) is 0 Å². The van der Waals surface area contributed by atoms with Crippen LogP contribution in [0.25, 0.3) is 0 Å². The van der Waals surface area contributed by atoms with Crippen LogP contribution in [0.3, 0.4) is 0 Å². The number of hydrogen-bond acceptors (Lipinski definition) is 2. The first-order valence-electron chi connectivity index (χ1n) is 8.36. The van der Waals surface area contributed by atoms with Crippen LogP contribution in [-0.4, -0.2) is 30.6 Å². The lowest BCUT2D eigenvalue weighted by molar-refractivity contribution is 0.133. The van der Waals surface area contributed by atoms with Crippen molar-refractivity contribution < 1.29 is 0 Å². The van der Waals surface area contributed by atoms with Gasteiger partial charge in [-0.15, -0.1) is 0 Å². The third-order valence-electron chi connectivity index (χ3n) is 4.10. The lowest BCUT2D eigenvalue weighted by Gasteiger charge is -2.36. The van der Waals surface area contributed by atoms with Crippen LogP contribution >= 0.6 is 0 Å². The van der Waals surface area contributed by atoms with E-state index in [1.54, 1.807) is 0 Å². The summed E-state index contributed by atoms with van der Waals surface area (Å²) in [6.07, 6.45) is 5.13. The molecule has 0 aromatic rings. The standard InChI is InChI=1S/C17H38N2/c1-7-8-16(6)17(13-18)19(11-9-14(2)3)12-10-15(4)5/h14-17H,7-13,18H2,1-6H3. The molecule has 2 unspecified atom stereocenters.